The van der Waals surface area contributed by atoms with Crippen molar-refractivity contribution < 1.29 is 65.1 Å². The van der Waals surface area contributed by atoms with Crippen molar-refractivity contribution in [1.29, 1.82) is 0 Å². The van der Waals surface area contributed by atoms with Gasteiger partial charge >= 0.3 is 24.7 Å². The minimum atomic E-state index is -4.75. The third kappa shape index (κ3) is 15.6. The van der Waals surface area contributed by atoms with Gasteiger partial charge in [-0.25, -0.2) is 9.97 Å². The lowest BCUT2D eigenvalue weighted by Gasteiger charge is -2.40. The predicted octanol–water partition coefficient (Wildman–Crippen LogP) is 14.6. The summed E-state index contributed by atoms with van der Waals surface area (Å²) in [5.74, 6) is 1.12. The summed E-state index contributed by atoms with van der Waals surface area (Å²) in [4.78, 5) is 31.1. The number of anilines is 4. The number of benzene rings is 4. The number of alkyl halides is 6. The van der Waals surface area contributed by atoms with Gasteiger partial charge in [0.05, 0.1) is 35.3 Å². The Labute approximate surface area is 425 Å². The Hall–Kier alpha value is -6.86. The highest BCUT2D eigenvalue weighted by atomic mass is 19.4. The number of carboxylic acids is 2. The van der Waals surface area contributed by atoms with E-state index in [1.807, 2.05) is 36.4 Å². The fourth-order valence-electron chi connectivity index (χ4n) is 10.8. The first-order chi connectivity index (χ1) is 34.8. The van der Waals surface area contributed by atoms with Gasteiger partial charge in [0.25, 0.3) is 0 Å². The van der Waals surface area contributed by atoms with Gasteiger partial charge in [0.15, 0.2) is 0 Å². The van der Waals surface area contributed by atoms with Crippen molar-refractivity contribution >= 4 is 57.3 Å². The van der Waals surface area contributed by atoms with E-state index >= 15 is 0 Å². The SMILES string of the molecule is C[C@@H]1C[C@H](n2c(Nc3ccc(OC(F)(F)F)cc3)nc3cc(OCCCC(=O)O)ccc32)CC(C)(C)C1.C[C@H]1C[C@@H](n2c(Nc3ccc(OC(F)(F)F)cc3)nc3cc(OCCCC(=O)O)ccc32)CC(C)(C)C1. The Balaban J connectivity index is 0.000000216. The first kappa shape index (κ1) is 54.9. The van der Waals surface area contributed by atoms with Crippen molar-refractivity contribution in [2.75, 3.05) is 23.8 Å². The maximum absolute atomic E-state index is 12.5. The maximum atomic E-state index is 12.5. The molecule has 0 bridgehead atoms. The summed E-state index contributed by atoms with van der Waals surface area (Å²) in [6.07, 6.45) is -2.48. The highest BCUT2D eigenvalue weighted by molar-refractivity contribution is 5.82. The van der Waals surface area contributed by atoms with E-state index in [9.17, 15) is 35.9 Å². The van der Waals surface area contributed by atoms with Crippen LogP contribution in [0.2, 0.25) is 0 Å². The number of nitrogens with one attached hydrogen (secondary N) is 2. The number of halogens is 6. The Morgan fingerprint density at radius 1 is 0.581 bits per heavy atom. The van der Waals surface area contributed by atoms with Gasteiger partial charge in [-0.3, -0.25) is 9.59 Å². The molecule has 0 aliphatic heterocycles. The number of ether oxygens (including phenoxy) is 4. The molecule has 2 fully saturated rings. The molecular weight excluding hydrogens is 975 g/mol. The second-order valence-corrected chi connectivity index (χ2v) is 21.1. The molecule has 2 aliphatic carbocycles. The molecule has 400 valence electrons. The van der Waals surface area contributed by atoms with Gasteiger partial charge in [-0.1, -0.05) is 41.5 Å². The van der Waals surface area contributed by atoms with Gasteiger partial charge in [-0.15, -0.1) is 26.3 Å². The van der Waals surface area contributed by atoms with Gasteiger partial charge in [-0.05, 0) is 147 Å². The molecule has 0 radical (unpaired) electrons. The predicted molar refractivity (Wildman–Crippen MR) is 269 cm³/mol. The molecule has 0 saturated heterocycles. The Bertz CT molecular complexity index is 2670. The second kappa shape index (κ2) is 22.7. The van der Waals surface area contributed by atoms with Crippen molar-refractivity contribution in [3.63, 3.8) is 0 Å². The molecule has 4 aromatic carbocycles. The van der Waals surface area contributed by atoms with Crippen LogP contribution in [0.5, 0.6) is 23.0 Å². The summed E-state index contributed by atoms with van der Waals surface area (Å²) in [7, 11) is 0. The Kier molecular flexibility index (Phi) is 16.9. The van der Waals surface area contributed by atoms with Gasteiger partial charge in [0.1, 0.15) is 23.0 Å². The molecule has 2 aliphatic rings. The Morgan fingerprint density at radius 2 is 0.932 bits per heavy atom. The average Bonchev–Trinajstić information content (AvgIpc) is 3.82. The quantitative estimate of drug-likeness (QED) is 0.0475. The Morgan fingerprint density at radius 3 is 1.26 bits per heavy atom. The number of carbonyl (C=O) groups is 2. The molecule has 14 nitrogen and oxygen atoms in total. The third-order valence-corrected chi connectivity index (χ3v) is 13.1. The van der Waals surface area contributed by atoms with E-state index in [-0.39, 0.29) is 60.5 Å². The van der Waals surface area contributed by atoms with Crippen LogP contribution in [0.15, 0.2) is 84.9 Å². The topological polar surface area (TPSA) is 171 Å². The van der Waals surface area contributed by atoms with Crippen molar-refractivity contribution in [2.45, 2.75) is 131 Å². The molecule has 0 spiro atoms. The third-order valence-electron chi connectivity index (χ3n) is 13.1. The van der Waals surface area contributed by atoms with Crippen LogP contribution >= 0.6 is 0 Å². The van der Waals surface area contributed by atoms with Crippen molar-refractivity contribution in [3.8, 4) is 23.0 Å². The number of nitrogens with zero attached hydrogens (tertiary/aromatic N) is 4. The first-order valence-electron chi connectivity index (χ1n) is 24.8. The zero-order valence-corrected chi connectivity index (χ0v) is 42.3. The highest BCUT2D eigenvalue weighted by Gasteiger charge is 2.37. The van der Waals surface area contributed by atoms with E-state index in [0.717, 1.165) is 49.6 Å². The normalized spacial score (nSPS) is 19.5. The fraction of sp³-hybridized carbons (Fsp3) is 0.481. The standard InChI is InChI=1S/2C27H32F3N3O4/c2*1-17-13-19(16-26(2,3)15-17)33-23-11-10-21(36-12-4-5-24(34)35)14-22(23)32-25(33)31-18-6-8-20(9-7-18)37-27(28,29)30/h2*6-11,14,17,19H,4-5,12-13,15-16H2,1-3H3,(H,31,32)(H,34,35)/t2*17-,19+/m10/s1. The smallest absolute Gasteiger partial charge is 0.494 e. The lowest BCUT2D eigenvalue weighted by molar-refractivity contribution is -0.275. The van der Waals surface area contributed by atoms with E-state index < -0.39 is 24.7 Å². The molecule has 8 rings (SSSR count). The van der Waals surface area contributed by atoms with E-state index in [1.54, 1.807) is 0 Å². The largest absolute Gasteiger partial charge is 0.573 e. The minimum Gasteiger partial charge on any atom is -0.494 e. The molecule has 6 aromatic rings. The van der Waals surface area contributed by atoms with Gasteiger partial charge in [0.2, 0.25) is 11.9 Å². The fourth-order valence-corrected chi connectivity index (χ4v) is 10.8. The zero-order valence-electron chi connectivity index (χ0n) is 42.3. The summed E-state index contributed by atoms with van der Waals surface area (Å²) in [6.45, 7) is 14.1. The number of hydrogen-bond acceptors (Lipinski definition) is 10. The zero-order chi connectivity index (χ0) is 53.6. The molecule has 2 aromatic heterocycles. The number of rotatable bonds is 18. The second-order valence-electron chi connectivity index (χ2n) is 21.1. The number of fused-ring (bicyclic) bond motifs is 2. The summed E-state index contributed by atoms with van der Waals surface area (Å²) >= 11 is 0. The number of imidazole rings is 2. The maximum Gasteiger partial charge on any atom is 0.573 e. The number of aromatic nitrogens is 4. The van der Waals surface area contributed by atoms with Crippen molar-refractivity contribution in [1.82, 2.24) is 19.1 Å². The summed E-state index contributed by atoms with van der Waals surface area (Å²) < 4.78 is 99.0. The number of carboxylic acid groups (broad SMARTS) is 2. The van der Waals surface area contributed by atoms with Gasteiger partial charge in [0, 0.05) is 48.4 Å². The van der Waals surface area contributed by atoms with Crippen LogP contribution in [0.1, 0.15) is 118 Å². The van der Waals surface area contributed by atoms with Gasteiger partial charge in [-0.2, -0.15) is 0 Å². The summed E-state index contributed by atoms with van der Waals surface area (Å²) in [5.41, 5.74) is 4.75. The number of aliphatic carboxylic acids is 2. The van der Waals surface area contributed by atoms with Crippen LogP contribution in [0.25, 0.3) is 22.1 Å². The van der Waals surface area contributed by atoms with Crippen LogP contribution in [0.4, 0.5) is 49.6 Å². The monoisotopic (exact) mass is 1040 g/mol. The van der Waals surface area contributed by atoms with E-state index in [0.29, 0.717) is 70.5 Å². The van der Waals surface area contributed by atoms with Crippen molar-refractivity contribution in [3.05, 3.63) is 84.9 Å². The first-order valence-corrected chi connectivity index (χ1v) is 24.8. The molecule has 2 heterocycles. The molecule has 20 heteroatoms. The van der Waals surface area contributed by atoms with Crippen molar-refractivity contribution in [2.24, 2.45) is 22.7 Å². The van der Waals surface area contributed by atoms with E-state index in [1.165, 1.54) is 48.5 Å². The number of hydrogen-bond donors (Lipinski definition) is 4. The molecule has 2 saturated carbocycles. The summed E-state index contributed by atoms with van der Waals surface area (Å²) in [5, 5.41) is 24.2. The van der Waals surface area contributed by atoms with E-state index in [4.69, 9.17) is 29.7 Å². The van der Waals surface area contributed by atoms with Crippen LogP contribution in [-0.2, 0) is 9.59 Å². The van der Waals surface area contributed by atoms with E-state index in [2.05, 4.69) is 70.8 Å². The van der Waals surface area contributed by atoms with Crippen LogP contribution in [0, 0.1) is 22.7 Å². The lowest BCUT2D eigenvalue weighted by atomic mass is 9.70. The highest BCUT2D eigenvalue weighted by Crippen LogP contribution is 2.48. The van der Waals surface area contributed by atoms with Gasteiger partial charge < -0.3 is 48.9 Å². The molecular formula is C54H64F6N6O8. The molecule has 4 atom stereocenters. The lowest BCUT2D eigenvalue weighted by Crippen LogP contribution is -2.29. The minimum absolute atomic E-state index is 0.0351. The molecule has 0 unspecified atom stereocenters. The summed E-state index contributed by atoms with van der Waals surface area (Å²) in [6, 6.07) is 22.8. The van der Waals surface area contributed by atoms with Crippen LogP contribution in [-0.4, -0.2) is 67.2 Å². The van der Waals surface area contributed by atoms with Crippen LogP contribution in [0.3, 0.4) is 0 Å². The molecule has 4 N–H and O–H groups in total. The van der Waals surface area contributed by atoms with Crippen LogP contribution < -0.4 is 29.6 Å². The molecule has 0 amide bonds. The molecule has 74 heavy (non-hydrogen) atoms. The average molecular weight is 1040 g/mol.